The maximum absolute atomic E-state index is 4.14. The molecule has 0 atom stereocenters. The van der Waals surface area contributed by atoms with Gasteiger partial charge < -0.3 is 4.57 Å². The molecule has 0 radical (unpaired) electrons. The lowest BCUT2D eigenvalue weighted by Gasteiger charge is -1.99. The number of thiol groups is 1. The fourth-order valence-electron chi connectivity index (χ4n) is 0.925. The number of rotatable bonds is 4. The molecule has 0 aliphatic rings. The van der Waals surface area contributed by atoms with E-state index < -0.39 is 0 Å². The van der Waals surface area contributed by atoms with Gasteiger partial charge in [0.2, 0.25) is 0 Å². The molecule has 0 N–H and O–H groups in total. The highest BCUT2D eigenvalue weighted by molar-refractivity contribution is 7.80. The van der Waals surface area contributed by atoms with Gasteiger partial charge in [0.25, 0.3) is 0 Å². The molecular weight excluding hydrogens is 142 g/mol. The average Bonchev–Trinajstić information content (AvgIpc) is 2.41. The first-order valence-corrected chi connectivity index (χ1v) is 4.28. The van der Waals surface area contributed by atoms with Gasteiger partial charge in [-0.25, -0.2) is 0 Å². The molecule has 1 heterocycles. The minimum absolute atomic E-state index is 1.00. The number of aromatic nitrogens is 1. The molecule has 1 aromatic heterocycles. The van der Waals surface area contributed by atoms with E-state index >= 15 is 0 Å². The Morgan fingerprint density at radius 3 is 2.40 bits per heavy atom. The van der Waals surface area contributed by atoms with Crippen molar-refractivity contribution in [3.05, 3.63) is 24.5 Å². The Bertz CT molecular complexity index is 158. The van der Waals surface area contributed by atoms with Crippen LogP contribution < -0.4 is 0 Å². The second-order valence-electron chi connectivity index (χ2n) is 2.35. The highest BCUT2D eigenvalue weighted by Gasteiger charge is 1.86. The van der Waals surface area contributed by atoms with Gasteiger partial charge in [-0.2, -0.15) is 12.6 Å². The fourth-order valence-corrected chi connectivity index (χ4v) is 1.15. The summed E-state index contributed by atoms with van der Waals surface area (Å²) in [5.74, 6) is 1.00. The largest absolute Gasteiger partial charge is 0.354 e. The van der Waals surface area contributed by atoms with E-state index in [-0.39, 0.29) is 0 Å². The normalized spacial score (nSPS) is 10.1. The highest BCUT2D eigenvalue weighted by atomic mass is 32.1. The average molecular weight is 155 g/mol. The van der Waals surface area contributed by atoms with Gasteiger partial charge in [0, 0.05) is 18.9 Å². The zero-order valence-corrected chi connectivity index (χ0v) is 6.93. The molecule has 0 aliphatic carbocycles. The second-order valence-corrected chi connectivity index (χ2v) is 2.80. The molecule has 0 unspecified atom stereocenters. The van der Waals surface area contributed by atoms with E-state index in [1.54, 1.807) is 0 Å². The second kappa shape index (κ2) is 4.45. The predicted octanol–water partition coefficient (Wildman–Crippen LogP) is 2.20. The standard InChI is InChI=1S/C8H13NS/c10-8-4-3-7-9-5-1-2-6-9/h1-2,5-6,10H,3-4,7-8H2. The van der Waals surface area contributed by atoms with Crippen LogP contribution in [-0.4, -0.2) is 10.3 Å². The van der Waals surface area contributed by atoms with Crippen LogP contribution in [0.5, 0.6) is 0 Å². The summed E-state index contributed by atoms with van der Waals surface area (Å²) in [6.45, 7) is 1.13. The van der Waals surface area contributed by atoms with Gasteiger partial charge in [0.1, 0.15) is 0 Å². The monoisotopic (exact) mass is 155 g/mol. The van der Waals surface area contributed by atoms with Gasteiger partial charge in [0.05, 0.1) is 0 Å². The summed E-state index contributed by atoms with van der Waals surface area (Å²) in [5, 5.41) is 0. The van der Waals surface area contributed by atoms with Crippen molar-refractivity contribution in [2.45, 2.75) is 19.4 Å². The Balaban J connectivity index is 2.15. The van der Waals surface area contributed by atoms with Crippen molar-refractivity contribution in [3.63, 3.8) is 0 Å². The lowest BCUT2D eigenvalue weighted by atomic mass is 10.3. The van der Waals surface area contributed by atoms with Crippen LogP contribution in [0.3, 0.4) is 0 Å². The third-order valence-electron chi connectivity index (χ3n) is 1.49. The van der Waals surface area contributed by atoms with Gasteiger partial charge in [-0.15, -0.1) is 0 Å². The molecule has 0 spiro atoms. The summed E-state index contributed by atoms with van der Waals surface area (Å²) < 4.78 is 2.20. The highest BCUT2D eigenvalue weighted by Crippen LogP contribution is 1.97. The summed E-state index contributed by atoms with van der Waals surface area (Å²) >= 11 is 4.14. The van der Waals surface area contributed by atoms with E-state index in [0.29, 0.717) is 0 Å². The predicted molar refractivity (Wildman–Crippen MR) is 47.5 cm³/mol. The molecule has 1 rings (SSSR count). The summed E-state index contributed by atoms with van der Waals surface area (Å²) in [4.78, 5) is 0. The molecule has 0 fully saturated rings. The maximum Gasteiger partial charge on any atom is 0.0219 e. The van der Waals surface area contributed by atoms with E-state index in [1.807, 2.05) is 0 Å². The summed E-state index contributed by atoms with van der Waals surface area (Å²) in [7, 11) is 0. The van der Waals surface area contributed by atoms with E-state index in [2.05, 4.69) is 41.7 Å². The van der Waals surface area contributed by atoms with Crippen LogP contribution in [0.25, 0.3) is 0 Å². The molecule has 2 heteroatoms. The van der Waals surface area contributed by atoms with Crippen LogP contribution in [0.2, 0.25) is 0 Å². The Kier molecular flexibility index (Phi) is 3.44. The van der Waals surface area contributed by atoms with Crippen molar-refractivity contribution < 1.29 is 0 Å². The summed E-state index contributed by atoms with van der Waals surface area (Å²) in [6.07, 6.45) is 6.64. The smallest absolute Gasteiger partial charge is 0.0219 e. The van der Waals surface area contributed by atoms with Crippen molar-refractivity contribution in [2.75, 3.05) is 5.75 Å². The number of aryl methyl sites for hydroxylation is 1. The van der Waals surface area contributed by atoms with Crippen LogP contribution in [0.4, 0.5) is 0 Å². The minimum Gasteiger partial charge on any atom is -0.354 e. The number of hydrogen-bond acceptors (Lipinski definition) is 1. The van der Waals surface area contributed by atoms with Gasteiger partial charge in [-0.05, 0) is 30.7 Å². The van der Waals surface area contributed by atoms with Crippen molar-refractivity contribution >= 4 is 12.6 Å². The van der Waals surface area contributed by atoms with Crippen LogP contribution >= 0.6 is 12.6 Å². The van der Waals surface area contributed by atoms with Crippen molar-refractivity contribution in [3.8, 4) is 0 Å². The number of nitrogens with zero attached hydrogens (tertiary/aromatic N) is 1. The molecule has 0 amide bonds. The fraction of sp³-hybridized carbons (Fsp3) is 0.500. The molecular formula is C8H13NS. The lowest BCUT2D eigenvalue weighted by molar-refractivity contribution is 0.638. The first-order valence-electron chi connectivity index (χ1n) is 3.65. The zero-order valence-electron chi connectivity index (χ0n) is 6.03. The summed E-state index contributed by atoms with van der Waals surface area (Å²) in [5.41, 5.74) is 0. The SMILES string of the molecule is SCCCCn1cccc1. The van der Waals surface area contributed by atoms with Crippen molar-refractivity contribution in [1.82, 2.24) is 4.57 Å². The van der Waals surface area contributed by atoms with Crippen LogP contribution in [0, 0.1) is 0 Å². The van der Waals surface area contributed by atoms with E-state index in [9.17, 15) is 0 Å². The van der Waals surface area contributed by atoms with Crippen molar-refractivity contribution in [1.29, 1.82) is 0 Å². The molecule has 1 aromatic rings. The number of unbranched alkanes of at least 4 members (excludes halogenated alkanes) is 1. The molecule has 1 nitrogen and oxygen atoms in total. The molecule has 0 bridgehead atoms. The number of hydrogen-bond donors (Lipinski definition) is 1. The van der Waals surface area contributed by atoms with Gasteiger partial charge in [-0.1, -0.05) is 0 Å². The Hall–Kier alpha value is -0.370. The zero-order chi connectivity index (χ0) is 7.23. The first kappa shape index (κ1) is 7.73. The molecule has 56 valence electrons. The van der Waals surface area contributed by atoms with Crippen LogP contribution in [0.15, 0.2) is 24.5 Å². The minimum atomic E-state index is 1.00. The quantitative estimate of drug-likeness (QED) is 0.502. The third-order valence-corrected chi connectivity index (χ3v) is 1.81. The topological polar surface area (TPSA) is 4.93 Å². The lowest BCUT2D eigenvalue weighted by Crippen LogP contribution is -1.93. The van der Waals surface area contributed by atoms with E-state index in [1.165, 1.54) is 12.8 Å². The maximum atomic E-state index is 4.14. The van der Waals surface area contributed by atoms with Gasteiger partial charge in [-0.3, -0.25) is 0 Å². The van der Waals surface area contributed by atoms with Gasteiger partial charge >= 0.3 is 0 Å². The molecule has 10 heavy (non-hydrogen) atoms. The molecule has 0 aliphatic heterocycles. The molecule has 0 aromatic carbocycles. The van der Waals surface area contributed by atoms with Crippen LogP contribution in [0.1, 0.15) is 12.8 Å². The Morgan fingerprint density at radius 2 is 1.80 bits per heavy atom. The third kappa shape index (κ3) is 2.48. The van der Waals surface area contributed by atoms with Gasteiger partial charge in [0.15, 0.2) is 0 Å². The molecule has 0 saturated carbocycles. The van der Waals surface area contributed by atoms with Crippen molar-refractivity contribution in [2.24, 2.45) is 0 Å². The Morgan fingerprint density at radius 1 is 1.10 bits per heavy atom. The first-order chi connectivity index (χ1) is 4.93. The van der Waals surface area contributed by atoms with E-state index in [4.69, 9.17) is 0 Å². The van der Waals surface area contributed by atoms with Crippen LogP contribution in [-0.2, 0) is 6.54 Å². The summed E-state index contributed by atoms with van der Waals surface area (Å²) in [6, 6.07) is 4.11. The molecule has 0 saturated heterocycles. The Labute approximate surface area is 67.5 Å². The van der Waals surface area contributed by atoms with E-state index in [0.717, 1.165) is 12.3 Å².